The number of hydrogen-bond donors (Lipinski definition) is 2. The van der Waals surface area contributed by atoms with Gasteiger partial charge in [-0.2, -0.15) is 4.98 Å². The van der Waals surface area contributed by atoms with Crippen molar-refractivity contribution in [1.82, 2.24) is 20.3 Å². The van der Waals surface area contributed by atoms with Gasteiger partial charge >= 0.3 is 0 Å². The van der Waals surface area contributed by atoms with Crippen molar-refractivity contribution in [2.45, 2.75) is 44.7 Å². The number of anilines is 2. The van der Waals surface area contributed by atoms with E-state index in [4.69, 9.17) is 0 Å². The Balaban J connectivity index is 1.53. The molecule has 1 aliphatic rings. The second-order valence-corrected chi connectivity index (χ2v) is 8.07. The predicted molar refractivity (Wildman–Crippen MR) is 110 cm³/mol. The molecule has 1 aliphatic carbocycles. The van der Waals surface area contributed by atoms with E-state index in [1.807, 2.05) is 32.1 Å². The second kappa shape index (κ2) is 8.65. The van der Waals surface area contributed by atoms with Crippen molar-refractivity contribution in [2.24, 2.45) is 0 Å². The van der Waals surface area contributed by atoms with Crippen LogP contribution in [0.15, 0.2) is 29.1 Å². The van der Waals surface area contributed by atoms with Crippen LogP contribution in [0.4, 0.5) is 11.8 Å². The molecule has 0 aromatic carbocycles. The Morgan fingerprint density at radius 2 is 1.85 bits per heavy atom. The number of aryl methyl sites for hydroxylation is 1. The number of nitrogens with zero attached hydrogens (tertiary/aromatic N) is 4. The maximum absolute atomic E-state index is 12.4. The zero-order chi connectivity index (χ0) is 19.4. The average molecular weight is 433 g/mol. The molecule has 8 heteroatoms. The minimum Gasteiger partial charge on any atom is -0.367 e. The Bertz CT molecular complexity index is 805. The van der Waals surface area contributed by atoms with Crippen LogP contribution in [-0.4, -0.2) is 47.0 Å². The fourth-order valence-corrected chi connectivity index (χ4v) is 3.54. The van der Waals surface area contributed by atoms with Crippen molar-refractivity contribution >= 4 is 33.6 Å². The van der Waals surface area contributed by atoms with Crippen molar-refractivity contribution in [2.75, 3.05) is 24.3 Å². The molecule has 0 unspecified atom stereocenters. The van der Waals surface area contributed by atoms with Gasteiger partial charge in [0, 0.05) is 54.8 Å². The fraction of sp³-hybridized carbons (Fsp3) is 0.474. The molecule has 144 valence electrons. The van der Waals surface area contributed by atoms with Crippen LogP contribution in [-0.2, 0) is 0 Å². The minimum atomic E-state index is -0.0671. The first-order chi connectivity index (χ1) is 12.9. The maximum Gasteiger partial charge on any atom is 0.253 e. The van der Waals surface area contributed by atoms with Crippen LogP contribution >= 0.6 is 15.9 Å². The van der Waals surface area contributed by atoms with Crippen molar-refractivity contribution in [3.05, 3.63) is 40.3 Å². The van der Waals surface area contributed by atoms with Crippen LogP contribution in [0.3, 0.4) is 0 Å². The van der Waals surface area contributed by atoms with Gasteiger partial charge in [0.2, 0.25) is 5.95 Å². The van der Waals surface area contributed by atoms with E-state index in [1.165, 1.54) is 0 Å². The van der Waals surface area contributed by atoms with Gasteiger partial charge in [-0.3, -0.25) is 9.78 Å². The molecule has 1 saturated carbocycles. The summed E-state index contributed by atoms with van der Waals surface area (Å²) in [5.41, 5.74) is 1.62. The SMILES string of the molecule is Cc1cnc(N(C)C)nc1N[C@H]1CC[C@@H](NC(=O)c2cncc(Br)c2)CC1. The van der Waals surface area contributed by atoms with Crippen LogP contribution in [0.25, 0.3) is 0 Å². The van der Waals surface area contributed by atoms with E-state index in [-0.39, 0.29) is 11.9 Å². The molecule has 2 heterocycles. The molecule has 0 atom stereocenters. The first-order valence-electron chi connectivity index (χ1n) is 9.11. The summed E-state index contributed by atoms with van der Waals surface area (Å²) in [5.74, 6) is 1.52. The lowest BCUT2D eigenvalue weighted by Crippen LogP contribution is -2.40. The summed E-state index contributed by atoms with van der Waals surface area (Å²) in [6, 6.07) is 2.34. The van der Waals surface area contributed by atoms with E-state index in [9.17, 15) is 4.79 Å². The molecule has 0 aliphatic heterocycles. The smallest absolute Gasteiger partial charge is 0.253 e. The summed E-state index contributed by atoms with van der Waals surface area (Å²) < 4.78 is 0.806. The fourth-order valence-electron chi connectivity index (χ4n) is 3.17. The van der Waals surface area contributed by atoms with Crippen molar-refractivity contribution in [3.8, 4) is 0 Å². The summed E-state index contributed by atoms with van der Waals surface area (Å²) >= 11 is 3.35. The van der Waals surface area contributed by atoms with Crippen molar-refractivity contribution < 1.29 is 4.79 Å². The Morgan fingerprint density at radius 3 is 2.52 bits per heavy atom. The molecule has 27 heavy (non-hydrogen) atoms. The molecular formula is C19H25BrN6O. The summed E-state index contributed by atoms with van der Waals surface area (Å²) in [4.78, 5) is 27.3. The Morgan fingerprint density at radius 1 is 1.15 bits per heavy atom. The molecule has 0 bridgehead atoms. The van der Waals surface area contributed by atoms with E-state index in [1.54, 1.807) is 18.5 Å². The molecule has 2 aromatic rings. The van der Waals surface area contributed by atoms with Crippen LogP contribution in [0.1, 0.15) is 41.6 Å². The van der Waals surface area contributed by atoms with Gasteiger partial charge in [-0.15, -0.1) is 0 Å². The van der Waals surface area contributed by atoms with Gasteiger partial charge in [0.25, 0.3) is 5.91 Å². The summed E-state index contributed by atoms with van der Waals surface area (Å²) in [6.45, 7) is 2.01. The molecule has 7 nitrogen and oxygen atoms in total. The predicted octanol–water partition coefficient (Wildman–Crippen LogP) is 3.16. The third-order valence-electron chi connectivity index (χ3n) is 4.73. The highest BCUT2D eigenvalue weighted by atomic mass is 79.9. The lowest BCUT2D eigenvalue weighted by Gasteiger charge is -2.30. The van der Waals surface area contributed by atoms with E-state index >= 15 is 0 Å². The van der Waals surface area contributed by atoms with Gasteiger partial charge in [-0.05, 0) is 54.6 Å². The Labute approximate surface area is 168 Å². The molecule has 0 spiro atoms. The Hall–Kier alpha value is -2.22. The topological polar surface area (TPSA) is 83.0 Å². The van der Waals surface area contributed by atoms with E-state index < -0.39 is 0 Å². The lowest BCUT2D eigenvalue weighted by atomic mass is 9.91. The number of hydrogen-bond acceptors (Lipinski definition) is 6. The van der Waals surface area contributed by atoms with Gasteiger partial charge in [-0.1, -0.05) is 0 Å². The molecule has 2 N–H and O–H groups in total. The maximum atomic E-state index is 12.4. The number of amides is 1. The molecule has 3 rings (SSSR count). The number of nitrogens with one attached hydrogen (secondary N) is 2. The molecular weight excluding hydrogens is 408 g/mol. The number of rotatable bonds is 5. The lowest BCUT2D eigenvalue weighted by molar-refractivity contribution is 0.0926. The van der Waals surface area contributed by atoms with E-state index in [0.717, 1.165) is 41.5 Å². The standard InChI is InChI=1S/C19H25BrN6O/c1-12-9-22-19(26(2)3)25-17(12)23-15-4-6-16(7-5-15)24-18(27)13-8-14(20)11-21-10-13/h8-11,15-16H,4-7H2,1-3H3,(H,24,27)(H,22,23,25)/t15-,16+. The molecule has 0 radical (unpaired) electrons. The quantitative estimate of drug-likeness (QED) is 0.754. The van der Waals surface area contributed by atoms with E-state index in [0.29, 0.717) is 17.6 Å². The number of halogens is 1. The zero-order valence-electron chi connectivity index (χ0n) is 15.9. The van der Waals surface area contributed by atoms with Crippen molar-refractivity contribution in [1.29, 1.82) is 0 Å². The van der Waals surface area contributed by atoms with E-state index in [2.05, 4.69) is 41.5 Å². The second-order valence-electron chi connectivity index (χ2n) is 7.15. The Kier molecular flexibility index (Phi) is 6.26. The highest BCUT2D eigenvalue weighted by molar-refractivity contribution is 9.10. The average Bonchev–Trinajstić information content (AvgIpc) is 2.65. The summed E-state index contributed by atoms with van der Waals surface area (Å²) in [7, 11) is 3.87. The van der Waals surface area contributed by atoms with Gasteiger partial charge in [0.05, 0.1) is 5.56 Å². The highest BCUT2D eigenvalue weighted by Crippen LogP contribution is 2.24. The van der Waals surface area contributed by atoms with Crippen LogP contribution in [0, 0.1) is 6.92 Å². The normalized spacial score (nSPS) is 19.4. The summed E-state index contributed by atoms with van der Waals surface area (Å²) in [5, 5.41) is 6.67. The third-order valence-corrected chi connectivity index (χ3v) is 5.16. The zero-order valence-corrected chi connectivity index (χ0v) is 17.5. The highest BCUT2D eigenvalue weighted by Gasteiger charge is 2.23. The van der Waals surface area contributed by atoms with Gasteiger partial charge in [0.1, 0.15) is 5.82 Å². The van der Waals surface area contributed by atoms with Crippen LogP contribution in [0.5, 0.6) is 0 Å². The van der Waals surface area contributed by atoms with Gasteiger partial charge in [-0.25, -0.2) is 4.98 Å². The summed E-state index contributed by atoms with van der Waals surface area (Å²) in [6.07, 6.45) is 8.97. The van der Waals surface area contributed by atoms with Crippen LogP contribution in [0.2, 0.25) is 0 Å². The molecule has 2 aromatic heterocycles. The number of pyridine rings is 1. The number of aromatic nitrogens is 3. The minimum absolute atomic E-state index is 0.0671. The first kappa shape index (κ1) is 19.5. The molecule has 1 amide bonds. The largest absolute Gasteiger partial charge is 0.367 e. The van der Waals surface area contributed by atoms with Crippen LogP contribution < -0.4 is 15.5 Å². The number of carbonyl (C=O) groups excluding carboxylic acids is 1. The molecule has 1 fully saturated rings. The monoisotopic (exact) mass is 432 g/mol. The van der Waals surface area contributed by atoms with Gasteiger partial charge < -0.3 is 15.5 Å². The number of carbonyl (C=O) groups is 1. The van der Waals surface area contributed by atoms with Crippen molar-refractivity contribution in [3.63, 3.8) is 0 Å². The molecule has 0 saturated heterocycles. The first-order valence-corrected chi connectivity index (χ1v) is 9.90. The third kappa shape index (κ3) is 5.15. The van der Waals surface area contributed by atoms with Gasteiger partial charge in [0.15, 0.2) is 0 Å².